The fraction of sp³-hybridized carbons (Fsp3) is 0.304. The Morgan fingerprint density at radius 3 is 2.15 bits per heavy atom. The maximum absolute atomic E-state index is 10.3. The molecular formula is C23H28N2O2. The van der Waals surface area contributed by atoms with E-state index >= 15 is 0 Å². The normalized spacial score (nSPS) is 16.7. The number of allylic oxidation sites excluding steroid dienone is 8. The molecule has 0 aromatic heterocycles. The minimum atomic E-state index is -0.463. The Kier molecular flexibility index (Phi) is 8.30. The quantitative estimate of drug-likeness (QED) is 0.342. The third-order valence-corrected chi connectivity index (χ3v) is 4.44. The Balaban J connectivity index is 1.88. The first kappa shape index (κ1) is 20.4. The first-order chi connectivity index (χ1) is 13.0. The summed E-state index contributed by atoms with van der Waals surface area (Å²) < 4.78 is 0. The van der Waals surface area contributed by atoms with Gasteiger partial charge in [-0.25, -0.2) is 0 Å². The Morgan fingerprint density at radius 1 is 0.963 bits per heavy atom. The number of nitrogens with zero attached hydrogens (tertiary/aromatic N) is 2. The van der Waals surface area contributed by atoms with Gasteiger partial charge in [-0.3, -0.25) is 10.1 Å². The van der Waals surface area contributed by atoms with Crippen molar-refractivity contribution >= 4 is 11.8 Å². The lowest BCUT2D eigenvalue weighted by atomic mass is 10.1. The van der Waals surface area contributed by atoms with Crippen molar-refractivity contribution in [3.05, 3.63) is 93.7 Å². The molecule has 0 spiro atoms. The van der Waals surface area contributed by atoms with Gasteiger partial charge in [0.05, 0.1) is 4.92 Å². The average molecular weight is 364 g/mol. The molecule has 2 rings (SSSR count). The molecule has 0 N–H and O–H groups in total. The first-order valence-corrected chi connectivity index (χ1v) is 9.41. The maximum atomic E-state index is 10.3. The zero-order valence-electron chi connectivity index (χ0n) is 16.2. The number of anilines is 1. The summed E-state index contributed by atoms with van der Waals surface area (Å²) in [5, 5.41) is 10.3. The third kappa shape index (κ3) is 7.90. The van der Waals surface area contributed by atoms with Crippen molar-refractivity contribution in [2.24, 2.45) is 0 Å². The molecule has 1 fully saturated rings. The van der Waals surface area contributed by atoms with Gasteiger partial charge < -0.3 is 4.90 Å². The molecule has 1 aliphatic heterocycles. The highest BCUT2D eigenvalue weighted by Crippen LogP contribution is 2.20. The van der Waals surface area contributed by atoms with Gasteiger partial charge >= 0.3 is 0 Å². The minimum Gasteiger partial charge on any atom is -0.372 e. The van der Waals surface area contributed by atoms with Crippen LogP contribution in [-0.2, 0) is 0 Å². The number of hydrogen-bond donors (Lipinski definition) is 0. The van der Waals surface area contributed by atoms with Crippen molar-refractivity contribution in [2.45, 2.75) is 33.1 Å². The van der Waals surface area contributed by atoms with E-state index in [0.29, 0.717) is 0 Å². The van der Waals surface area contributed by atoms with E-state index in [1.54, 1.807) is 0 Å². The van der Waals surface area contributed by atoms with Crippen LogP contribution in [0.4, 0.5) is 5.69 Å². The Hall–Kier alpha value is -2.88. The van der Waals surface area contributed by atoms with E-state index in [4.69, 9.17) is 0 Å². The molecular weight excluding hydrogens is 336 g/mol. The van der Waals surface area contributed by atoms with Gasteiger partial charge in [-0.2, -0.15) is 0 Å². The highest BCUT2D eigenvalue weighted by molar-refractivity contribution is 5.58. The van der Waals surface area contributed by atoms with Crippen LogP contribution in [0.25, 0.3) is 6.08 Å². The van der Waals surface area contributed by atoms with Gasteiger partial charge in [0.1, 0.15) is 0 Å². The van der Waals surface area contributed by atoms with Gasteiger partial charge in [-0.1, -0.05) is 54.2 Å². The summed E-state index contributed by atoms with van der Waals surface area (Å²) in [5.41, 5.74) is 4.47. The van der Waals surface area contributed by atoms with E-state index in [2.05, 4.69) is 41.3 Å². The summed E-state index contributed by atoms with van der Waals surface area (Å²) in [6, 6.07) is 8.74. The van der Waals surface area contributed by atoms with Gasteiger partial charge in [-0.15, -0.1) is 0 Å². The van der Waals surface area contributed by atoms with Crippen LogP contribution in [0.2, 0.25) is 0 Å². The van der Waals surface area contributed by atoms with E-state index in [0.717, 1.165) is 17.3 Å². The highest BCUT2D eigenvalue weighted by Gasteiger charge is 2.09. The van der Waals surface area contributed by atoms with Crippen molar-refractivity contribution < 1.29 is 4.92 Å². The van der Waals surface area contributed by atoms with Crippen molar-refractivity contribution in [2.75, 3.05) is 18.0 Å². The highest BCUT2D eigenvalue weighted by atomic mass is 16.6. The molecule has 0 radical (unpaired) electrons. The molecule has 1 aromatic carbocycles. The molecule has 4 heteroatoms. The maximum Gasteiger partial charge on any atom is 0.234 e. The Bertz CT molecular complexity index is 762. The lowest BCUT2D eigenvalue weighted by Crippen LogP contribution is -2.29. The van der Waals surface area contributed by atoms with Crippen LogP contribution in [0.15, 0.2) is 78.1 Å². The van der Waals surface area contributed by atoms with Gasteiger partial charge in [0.25, 0.3) is 0 Å². The summed E-state index contributed by atoms with van der Waals surface area (Å²) in [7, 11) is 0. The van der Waals surface area contributed by atoms with E-state index in [1.807, 2.05) is 38.2 Å². The van der Waals surface area contributed by atoms with Crippen LogP contribution in [0, 0.1) is 10.1 Å². The zero-order chi connectivity index (χ0) is 19.5. The largest absolute Gasteiger partial charge is 0.372 e. The van der Waals surface area contributed by atoms with Crippen molar-refractivity contribution in [1.82, 2.24) is 0 Å². The number of benzene rings is 1. The van der Waals surface area contributed by atoms with Gasteiger partial charge in [0, 0.05) is 24.9 Å². The zero-order valence-corrected chi connectivity index (χ0v) is 16.2. The minimum absolute atomic E-state index is 0.463. The molecule has 27 heavy (non-hydrogen) atoms. The second-order valence-electron chi connectivity index (χ2n) is 6.78. The van der Waals surface area contributed by atoms with Crippen LogP contribution in [0.5, 0.6) is 0 Å². The van der Waals surface area contributed by atoms with Crippen LogP contribution < -0.4 is 4.90 Å². The molecule has 0 amide bonds. The lowest BCUT2D eigenvalue weighted by Gasteiger charge is -2.28. The second-order valence-corrected chi connectivity index (χ2v) is 6.78. The smallest absolute Gasteiger partial charge is 0.234 e. The van der Waals surface area contributed by atoms with E-state index < -0.39 is 4.92 Å². The van der Waals surface area contributed by atoms with Crippen molar-refractivity contribution in [3.8, 4) is 0 Å². The fourth-order valence-corrected chi connectivity index (χ4v) is 2.88. The molecule has 0 aliphatic carbocycles. The summed E-state index contributed by atoms with van der Waals surface area (Å²) in [5.74, 6) is 0. The molecule has 0 saturated carbocycles. The molecule has 4 nitrogen and oxygen atoms in total. The molecule has 0 bridgehead atoms. The number of piperidine rings is 1. The topological polar surface area (TPSA) is 46.4 Å². The Labute approximate surface area is 162 Å². The van der Waals surface area contributed by atoms with Gasteiger partial charge in [0.2, 0.25) is 6.20 Å². The lowest BCUT2D eigenvalue weighted by molar-refractivity contribution is -0.402. The number of nitro groups is 1. The molecule has 0 atom stereocenters. The summed E-state index contributed by atoms with van der Waals surface area (Å²) in [6.45, 7) is 6.21. The number of rotatable bonds is 7. The van der Waals surface area contributed by atoms with Crippen LogP contribution in [0.3, 0.4) is 0 Å². The summed E-state index contributed by atoms with van der Waals surface area (Å²) >= 11 is 0. The van der Waals surface area contributed by atoms with E-state index in [9.17, 15) is 10.1 Å². The standard InChI is InChI=1S/C23H28N2O2/c1-20(8-4-5-9-21(2)16-19-25(26)27)10-11-22-12-14-23(15-13-22)24-17-6-3-7-18-24/h4-5,8-16,19H,3,6-7,17-18H2,1-2H3. The van der Waals surface area contributed by atoms with Crippen LogP contribution in [0.1, 0.15) is 38.7 Å². The Morgan fingerprint density at radius 2 is 1.56 bits per heavy atom. The van der Waals surface area contributed by atoms with E-state index in [-0.39, 0.29) is 0 Å². The van der Waals surface area contributed by atoms with Crippen LogP contribution in [-0.4, -0.2) is 18.0 Å². The van der Waals surface area contributed by atoms with Crippen molar-refractivity contribution in [3.63, 3.8) is 0 Å². The molecule has 142 valence electrons. The second kappa shape index (κ2) is 11.0. The third-order valence-electron chi connectivity index (χ3n) is 4.44. The molecule has 1 aromatic rings. The molecule has 0 unspecified atom stereocenters. The predicted octanol–water partition coefficient (Wildman–Crippen LogP) is 5.93. The summed E-state index contributed by atoms with van der Waals surface area (Å²) in [6.07, 6.45) is 18.2. The number of hydrogen-bond acceptors (Lipinski definition) is 3. The van der Waals surface area contributed by atoms with Gasteiger partial charge in [0.15, 0.2) is 0 Å². The van der Waals surface area contributed by atoms with Crippen LogP contribution >= 0.6 is 0 Å². The molecule has 1 aliphatic rings. The summed E-state index contributed by atoms with van der Waals surface area (Å²) in [4.78, 5) is 12.3. The molecule has 1 heterocycles. The van der Waals surface area contributed by atoms with Crippen molar-refractivity contribution in [1.29, 1.82) is 0 Å². The fourth-order valence-electron chi connectivity index (χ4n) is 2.88. The molecule has 1 saturated heterocycles. The van der Waals surface area contributed by atoms with Gasteiger partial charge in [-0.05, 0) is 56.4 Å². The predicted molar refractivity (Wildman–Crippen MR) is 114 cm³/mol. The monoisotopic (exact) mass is 364 g/mol. The average Bonchev–Trinajstić information content (AvgIpc) is 2.69. The first-order valence-electron chi connectivity index (χ1n) is 9.41. The van der Waals surface area contributed by atoms with E-state index in [1.165, 1.54) is 49.7 Å². The SMILES string of the molecule is CC(C=Cc1ccc(N2CCCCC2)cc1)=CC=CC=C(C)C=C[N+](=O)[O-].